The number of hydrogen-bond donors (Lipinski definition) is 0. The molecule has 0 saturated heterocycles. The van der Waals surface area contributed by atoms with Gasteiger partial charge in [-0.15, -0.1) is 5.10 Å². The van der Waals surface area contributed by atoms with Gasteiger partial charge in [0.05, 0.1) is 16.9 Å². The van der Waals surface area contributed by atoms with Crippen LogP contribution in [0.2, 0.25) is 5.02 Å². The summed E-state index contributed by atoms with van der Waals surface area (Å²) in [5.74, 6) is 0.794. The highest BCUT2D eigenvalue weighted by atomic mass is 35.5. The summed E-state index contributed by atoms with van der Waals surface area (Å²) in [5, 5.41) is 8.99. The van der Waals surface area contributed by atoms with Crippen LogP contribution in [0.4, 0.5) is 5.69 Å². The van der Waals surface area contributed by atoms with Crippen molar-refractivity contribution in [1.82, 2.24) is 24.5 Å². The lowest BCUT2D eigenvalue weighted by Crippen LogP contribution is -2.31. The largest absolute Gasteiger partial charge is 0.324 e. The van der Waals surface area contributed by atoms with Crippen molar-refractivity contribution in [3.05, 3.63) is 69.8 Å². The molecule has 1 amide bonds. The normalized spacial score (nSPS) is 16.0. The summed E-state index contributed by atoms with van der Waals surface area (Å²) in [4.78, 5) is 20.4. The van der Waals surface area contributed by atoms with Gasteiger partial charge in [-0.05, 0) is 50.6 Å². The average molecular weight is 421 g/mol. The number of benzene rings is 2. The van der Waals surface area contributed by atoms with Crippen molar-refractivity contribution < 1.29 is 4.79 Å². The second-order valence-electron chi connectivity index (χ2n) is 7.56. The summed E-state index contributed by atoms with van der Waals surface area (Å²) in [7, 11) is 1.86. The predicted molar refractivity (Wildman–Crippen MR) is 116 cm³/mol. The van der Waals surface area contributed by atoms with Gasteiger partial charge < -0.3 is 4.57 Å². The van der Waals surface area contributed by atoms with E-state index in [1.165, 1.54) is 0 Å². The average Bonchev–Trinajstić information content (AvgIpc) is 3.35. The van der Waals surface area contributed by atoms with Crippen LogP contribution < -0.4 is 4.90 Å². The maximum atomic E-state index is 13.8. The second-order valence-corrected chi connectivity index (χ2v) is 7.99. The highest BCUT2D eigenvalue weighted by Gasteiger charge is 2.44. The van der Waals surface area contributed by atoms with E-state index in [9.17, 15) is 4.79 Å². The van der Waals surface area contributed by atoms with E-state index in [-0.39, 0.29) is 11.9 Å². The summed E-state index contributed by atoms with van der Waals surface area (Å²) < 4.78 is 3.73. The topological polar surface area (TPSA) is 68.8 Å². The lowest BCUT2D eigenvalue weighted by molar-refractivity contribution is 0.0985. The molecule has 0 N–H and O–H groups in total. The standard InChI is InChI=1S/C22H21ClN6O/c1-5-28-13(3)24-18-20(14-6-8-15(23)9-7-14)29(22(30)21(18)28)17-11-10-16-19(12(17)2)27(4)26-25-16/h6-11,20H,5H2,1-4H3. The van der Waals surface area contributed by atoms with Crippen LogP contribution in [0.25, 0.3) is 11.0 Å². The van der Waals surface area contributed by atoms with Crippen LogP contribution in [0.5, 0.6) is 0 Å². The van der Waals surface area contributed by atoms with Gasteiger partial charge in [0.2, 0.25) is 0 Å². The number of nitrogens with zero attached hydrogens (tertiary/aromatic N) is 6. The van der Waals surface area contributed by atoms with Crippen molar-refractivity contribution in [2.24, 2.45) is 7.05 Å². The number of imidazole rings is 1. The van der Waals surface area contributed by atoms with Crippen molar-refractivity contribution in [3.8, 4) is 0 Å². The Hall–Kier alpha value is -3.19. The number of fused-ring (bicyclic) bond motifs is 2. The van der Waals surface area contributed by atoms with Gasteiger partial charge >= 0.3 is 0 Å². The summed E-state index contributed by atoms with van der Waals surface area (Å²) in [5.41, 5.74) is 5.90. The molecule has 2 aromatic carbocycles. The minimum atomic E-state index is -0.325. The van der Waals surface area contributed by atoms with Crippen LogP contribution in [0.15, 0.2) is 36.4 Å². The van der Waals surface area contributed by atoms with E-state index in [1.54, 1.807) is 4.68 Å². The lowest BCUT2D eigenvalue weighted by Gasteiger charge is -2.27. The van der Waals surface area contributed by atoms with Crippen molar-refractivity contribution in [3.63, 3.8) is 0 Å². The Morgan fingerprint density at radius 3 is 2.53 bits per heavy atom. The number of aromatic nitrogens is 5. The number of halogens is 1. The third-order valence-electron chi connectivity index (χ3n) is 5.88. The third-order valence-corrected chi connectivity index (χ3v) is 6.13. The molecule has 0 spiro atoms. The molecule has 0 aliphatic carbocycles. The SMILES string of the molecule is CCn1c(C)nc2c1C(=O)N(c1ccc3nnn(C)c3c1C)C2c1ccc(Cl)cc1. The van der Waals surface area contributed by atoms with Gasteiger partial charge in [-0.25, -0.2) is 9.67 Å². The molecule has 0 bridgehead atoms. The first-order valence-corrected chi connectivity index (χ1v) is 10.2. The molecule has 152 valence electrons. The van der Waals surface area contributed by atoms with Crippen LogP contribution >= 0.6 is 11.6 Å². The molecular formula is C22H21ClN6O. The molecule has 1 unspecified atom stereocenters. The van der Waals surface area contributed by atoms with Gasteiger partial charge in [0.25, 0.3) is 5.91 Å². The van der Waals surface area contributed by atoms with E-state index in [2.05, 4.69) is 10.3 Å². The van der Waals surface area contributed by atoms with Crippen LogP contribution in [-0.2, 0) is 13.6 Å². The molecule has 30 heavy (non-hydrogen) atoms. The zero-order chi connectivity index (χ0) is 21.2. The number of carbonyl (C=O) groups is 1. The minimum absolute atomic E-state index is 0.0509. The summed E-state index contributed by atoms with van der Waals surface area (Å²) >= 11 is 6.13. The molecule has 0 saturated carbocycles. The Balaban J connectivity index is 1.77. The molecule has 0 fully saturated rings. The van der Waals surface area contributed by atoms with Gasteiger partial charge in [-0.1, -0.05) is 28.9 Å². The van der Waals surface area contributed by atoms with Crippen LogP contribution in [0.3, 0.4) is 0 Å². The van der Waals surface area contributed by atoms with Gasteiger partial charge in [0, 0.05) is 24.2 Å². The van der Waals surface area contributed by atoms with Gasteiger partial charge in [0.15, 0.2) is 0 Å². The van der Waals surface area contributed by atoms with Crippen LogP contribution in [0, 0.1) is 13.8 Å². The number of rotatable bonds is 3. The van der Waals surface area contributed by atoms with Crippen LogP contribution in [0.1, 0.15) is 46.1 Å². The first-order chi connectivity index (χ1) is 14.4. The first-order valence-electron chi connectivity index (χ1n) is 9.87. The number of aryl methyl sites for hydroxylation is 3. The Kier molecular flexibility index (Phi) is 4.18. The first kappa shape index (κ1) is 18.8. The van der Waals surface area contributed by atoms with E-state index in [0.717, 1.165) is 39.4 Å². The molecule has 8 heteroatoms. The van der Waals surface area contributed by atoms with Crippen molar-refractivity contribution in [2.45, 2.75) is 33.4 Å². The molecule has 7 nitrogen and oxygen atoms in total. The van der Waals surface area contributed by atoms with Crippen molar-refractivity contribution in [2.75, 3.05) is 4.90 Å². The quantitative estimate of drug-likeness (QED) is 0.498. The van der Waals surface area contributed by atoms with Gasteiger partial charge in [-0.2, -0.15) is 0 Å². The fraction of sp³-hybridized carbons (Fsp3) is 0.273. The maximum absolute atomic E-state index is 13.8. The Morgan fingerprint density at radius 2 is 1.83 bits per heavy atom. The highest BCUT2D eigenvalue weighted by Crippen LogP contribution is 2.43. The Bertz CT molecular complexity index is 1300. The third kappa shape index (κ3) is 2.51. The van der Waals surface area contributed by atoms with Crippen molar-refractivity contribution in [1.29, 1.82) is 0 Å². The van der Waals surface area contributed by atoms with Gasteiger partial charge in [0.1, 0.15) is 23.1 Å². The van der Waals surface area contributed by atoms with Gasteiger partial charge in [-0.3, -0.25) is 9.69 Å². The fourth-order valence-electron chi connectivity index (χ4n) is 4.53. The van der Waals surface area contributed by atoms with Crippen molar-refractivity contribution >= 4 is 34.2 Å². The van der Waals surface area contributed by atoms with E-state index in [4.69, 9.17) is 16.6 Å². The molecule has 2 aromatic heterocycles. The van der Waals surface area contributed by atoms with E-state index >= 15 is 0 Å². The Morgan fingerprint density at radius 1 is 1.10 bits per heavy atom. The molecule has 5 rings (SSSR count). The number of hydrogen-bond acceptors (Lipinski definition) is 4. The predicted octanol–water partition coefficient (Wildman–Crippen LogP) is 4.20. The molecule has 4 aromatic rings. The molecule has 1 atom stereocenters. The zero-order valence-corrected chi connectivity index (χ0v) is 18.0. The van der Waals surface area contributed by atoms with Crippen LogP contribution in [-0.4, -0.2) is 30.5 Å². The molecule has 1 aliphatic heterocycles. The van der Waals surface area contributed by atoms with E-state index < -0.39 is 0 Å². The summed E-state index contributed by atoms with van der Waals surface area (Å²) in [6.07, 6.45) is 0. The summed E-state index contributed by atoms with van der Waals surface area (Å²) in [6.45, 7) is 6.66. The van der Waals surface area contributed by atoms with E-state index in [0.29, 0.717) is 17.3 Å². The number of amides is 1. The number of anilines is 1. The van der Waals surface area contributed by atoms with E-state index in [1.807, 2.05) is 73.7 Å². The highest BCUT2D eigenvalue weighted by molar-refractivity contribution is 6.30. The lowest BCUT2D eigenvalue weighted by atomic mass is 10.0. The maximum Gasteiger partial charge on any atom is 0.277 e. The molecular weight excluding hydrogens is 400 g/mol. The second kappa shape index (κ2) is 6.67. The zero-order valence-electron chi connectivity index (χ0n) is 17.2. The number of carbonyl (C=O) groups excluding carboxylic acids is 1. The smallest absolute Gasteiger partial charge is 0.277 e. The minimum Gasteiger partial charge on any atom is -0.324 e. The Labute approximate surface area is 178 Å². The monoisotopic (exact) mass is 420 g/mol. The summed E-state index contributed by atoms with van der Waals surface area (Å²) in [6, 6.07) is 11.2. The fourth-order valence-corrected chi connectivity index (χ4v) is 4.66. The molecule has 1 aliphatic rings. The molecule has 0 radical (unpaired) electrons. The molecule has 3 heterocycles.